The summed E-state index contributed by atoms with van der Waals surface area (Å²) in [5, 5.41) is 21.3. The van der Waals surface area contributed by atoms with Gasteiger partial charge in [0.2, 0.25) is 0 Å². The highest BCUT2D eigenvalue weighted by molar-refractivity contribution is 7.15. The zero-order valence-corrected chi connectivity index (χ0v) is 38.6. The summed E-state index contributed by atoms with van der Waals surface area (Å²) in [5.41, 5.74) is 12.9. The van der Waals surface area contributed by atoms with E-state index in [4.69, 9.17) is 16.6 Å². The molecule has 3 fully saturated rings. The predicted molar refractivity (Wildman–Crippen MR) is 258 cm³/mol. The summed E-state index contributed by atoms with van der Waals surface area (Å²) in [5.74, 6) is 3.51. The van der Waals surface area contributed by atoms with Gasteiger partial charge in [-0.3, -0.25) is 14.5 Å². The number of anilines is 2. The molecule has 1 spiro atoms. The number of benzene rings is 4. The highest BCUT2D eigenvalue weighted by atomic mass is 35.5. The van der Waals surface area contributed by atoms with Gasteiger partial charge in [-0.25, -0.2) is 0 Å². The van der Waals surface area contributed by atoms with E-state index in [2.05, 4.69) is 129 Å². The fourth-order valence-corrected chi connectivity index (χ4v) is 13.4. The molecule has 4 aromatic carbocycles. The second kappa shape index (κ2) is 16.2. The normalized spacial score (nSPS) is 22.2. The molecular formula is C53H58ClN7OS. The van der Waals surface area contributed by atoms with Gasteiger partial charge in [0.1, 0.15) is 22.6 Å². The molecule has 3 aliphatic heterocycles. The largest absolute Gasteiger partial charge is 0.508 e. The van der Waals surface area contributed by atoms with Crippen LogP contribution in [0.2, 0.25) is 5.02 Å². The number of phenols is 1. The monoisotopic (exact) mass is 875 g/mol. The first-order valence-electron chi connectivity index (χ1n) is 23.2. The minimum Gasteiger partial charge on any atom is -0.508 e. The quantitative estimate of drug-likeness (QED) is 0.172. The molecule has 324 valence electrons. The van der Waals surface area contributed by atoms with Crippen LogP contribution in [0, 0.1) is 32.1 Å². The van der Waals surface area contributed by atoms with Gasteiger partial charge in [-0.05, 0) is 142 Å². The number of aliphatic imine (C=N–C) groups is 1. The number of hydrogen-bond acceptors (Lipinski definition) is 8. The maximum absolute atomic E-state index is 10.3. The Labute approximate surface area is 381 Å². The van der Waals surface area contributed by atoms with E-state index >= 15 is 0 Å². The number of aromatic hydroxyl groups is 1. The predicted octanol–water partition coefficient (Wildman–Crippen LogP) is 11.2. The van der Waals surface area contributed by atoms with Gasteiger partial charge in [0.15, 0.2) is 5.82 Å². The first-order valence-corrected chi connectivity index (χ1v) is 24.4. The van der Waals surface area contributed by atoms with E-state index < -0.39 is 0 Å². The van der Waals surface area contributed by atoms with Gasteiger partial charge in [-0.2, -0.15) is 0 Å². The van der Waals surface area contributed by atoms with Crippen molar-refractivity contribution in [1.82, 2.24) is 19.7 Å². The summed E-state index contributed by atoms with van der Waals surface area (Å²) in [6.45, 7) is 16.3. The summed E-state index contributed by atoms with van der Waals surface area (Å²) in [6, 6.07) is 32.8. The second-order valence-corrected chi connectivity index (χ2v) is 20.9. The maximum Gasteiger partial charge on any atom is 0.162 e. The molecule has 10 heteroatoms. The minimum atomic E-state index is -0.0725. The van der Waals surface area contributed by atoms with E-state index in [1.54, 1.807) is 0 Å². The fourth-order valence-electron chi connectivity index (χ4n) is 11.8. The van der Waals surface area contributed by atoms with Crippen LogP contribution in [0.4, 0.5) is 11.4 Å². The number of thiophene rings is 1. The number of nitrogens with zero attached hydrogens (tertiary/aromatic N) is 7. The molecule has 3 atom stereocenters. The Morgan fingerprint density at radius 2 is 1.57 bits per heavy atom. The molecule has 2 aliphatic carbocycles. The van der Waals surface area contributed by atoms with E-state index in [1.165, 1.54) is 99.8 Å². The van der Waals surface area contributed by atoms with Crippen molar-refractivity contribution in [2.45, 2.75) is 84.1 Å². The molecule has 0 radical (unpaired) electrons. The van der Waals surface area contributed by atoms with Gasteiger partial charge < -0.3 is 14.9 Å². The first-order chi connectivity index (χ1) is 30.6. The van der Waals surface area contributed by atoms with E-state index in [9.17, 15) is 5.11 Å². The average molecular weight is 877 g/mol. The molecule has 11 rings (SSSR count). The molecule has 2 aromatic heterocycles. The third-order valence-electron chi connectivity index (χ3n) is 15.5. The van der Waals surface area contributed by atoms with Crippen molar-refractivity contribution in [1.29, 1.82) is 0 Å². The molecule has 0 unspecified atom stereocenters. The summed E-state index contributed by atoms with van der Waals surface area (Å²) < 4.78 is 2.22. The van der Waals surface area contributed by atoms with Crippen molar-refractivity contribution in [3.8, 4) is 10.8 Å². The Hall–Kier alpha value is -4.96. The van der Waals surface area contributed by atoms with Gasteiger partial charge in [0, 0.05) is 78.8 Å². The second-order valence-electron chi connectivity index (χ2n) is 19.3. The summed E-state index contributed by atoms with van der Waals surface area (Å²) in [6.07, 6.45) is 7.35. The zero-order chi connectivity index (χ0) is 43.0. The lowest BCUT2D eigenvalue weighted by Crippen LogP contribution is -2.58. The highest BCUT2D eigenvalue weighted by Gasteiger charge is 2.45. The molecule has 0 bridgehead atoms. The smallest absolute Gasteiger partial charge is 0.162 e. The lowest BCUT2D eigenvalue weighted by atomic mass is 9.65. The number of hydrogen-bond donors (Lipinski definition) is 1. The number of aromatic nitrogens is 3. The van der Waals surface area contributed by atoms with Crippen LogP contribution in [0.25, 0.3) is 5.00 Å². The number of piperazine rings is 1. The van der Waals surface area contributed by atoms with Crippen molar-refractivity contribution in [3.63, 3.8) is 0 Å². The van der Waals surface area contributed by atoms with Crippen LogP contribution >= 0.6 is 22.9 Å². The van der Waals surface area contributed by atoms with Crippen LogP contribution in [0.15, 0.2) is 96.0 Å². The molecule has 5 heterocycles. The van der Waals surface area contributed by atoms with Crippen molar-refractivity contribution < 1.29 is 5.11 Å². The van der Waals surface area contributed by atoms with Crippen LogP contribution < -0.4 is 9.80 Å². The number of fused-ring (bicyclic) bond motifs is 4. The van der Waals surface area contributed by atoms with Crippen LogP contribution in [0.1, 0.15) is 112 Å². The molecule has 63 heavy (non-hydrogen) atoms. The van der Waals surface area contributed by atoms with Crippen LogP contribution in [-0.4, -0.2) is 76.3 Å². The Bertz CT molecular complexity index is 2680. The van der Waals surface area contributed by atoms with Gasteiger partial charge in [0.05, 0.1) is 16.4 Å². The Balaban J connectivity index is 0.687. The molecule has 2 saturated heterocycles. The molecule has 1 N–H and O–H groups in total. The van der Waals surface area contributed by atoms with E-state index in [0.717, 1.165) is 73.0 Å². The molecular weight excluding hydrogens is 818 g/mol. The molecule has 6 aromatic rings. The lowest BCUT2D eigenvalue weighted by Gasteiger charge is -2.55. The average Bonchev–Trinajstić information content (AvgIpc) is 3.78. The first kappa shape index (κ1) is 40.8. The number of rotatable bonds is 7. The third-order valence-corrected chi connectivity index (χ3v) is 16.9. The summed E-state index contributed by atoms with van der Waals surface area (Å²) in [4.78, 5) is 14.4. The van der Waals surface area contributed by atoms with Gasteiger partial charge in [-0.15, -0.1) is 21.5 Å². The SMILES string of the molecule is Cc1sc2c(c1C)C(c1ccc(N3CC4(CCC(CN5CCN(c6ccc([C@@H]7c8ccc(O)cc8CC[C@@H]7c7ccccc7)cc6Cl)CC5)CC4)C3)cc1)=N[C@@H](C)c1nnc(C)n1-2. The number of halogens is 1. The standard InChI is InChI=1S/C53H58ClN7OS/c1-33-35(3)63-52-48(33)50(55-34(2)51-57-56-36(4)61(51)52)39-10-14-42(15-11-39)60-31-53(32-60)22-20-37(21-23-53)30-58-24-26-59(27-25-58)47-19-13-41(29-46(47)54)49-44(38-8-6-5-7-9-38)17-12-40-28-43(62)16-18-45(40)49/h5-11,13-16,18-19,28-29,34,37,44,49,62H,12,17,20-27,30-32H2,1-4H3/t34-,44+,49-/m0/s1. The van der Waals surface area contributed by atoms with E-state index in [0.29, 0.717) is 17.1 Å². The molecule has 8 nitrogen and oxygen atoms in total. The fraction of sp³-hybridized carbons (Fsp3) is 0.415. The molecule has 1 saturated carbocycles. The highest BCUT2D eigenvalue weighted by Crippen LogP contribution is 2.50. The maximum atomic E-state index is 10.3. The van der Waals surface area contributed by atoms with Gasteiger partial charge in [-0.1, -0.05) is 66.2 Å². The Morgan fingerprint density at radius 3 is 2.32 bits per heavy atom. The van der Waals surface area contributed by atoms with E-state index in [1.807, 2.05) is 30.4 Å². The minimum absolute atomic E-state index is 0.0725. The Kier molecular flexibility index (Phi) is 10.5. The number of aryl methyl sites for hydroxylation is 3. The van der Waals surface area contributed by atoms with Crippen LogP contribution in [0.5, 0.6) is 5.75 Å². The lowest BCUT2D eigenvalue weighted by molar-refractivity contribution is 0.0890. The van der Waals surface area contributed by atoms with Crippen LogP contribution in [0.3, 0.4) is 0 Å². The summed E-state index contributed by atoms with van der Waals surface area (Å²) >= 11 is 9.01. The van der Waals surface area contributed by atoms with E-state index in [-0.39, 0.29) is 12.0 Å². The Morgan fingerprint density at radius 1 is 0.810 bits per heavy atom. The van der Waals surface area contributed by atoms with Gasteiger partial charge >= 0.3 is 0 Å². The molecule has 5 aliphatic rings. The van der Waals surface area contributed by atoms with Crippen molar-refractivity contribution in [2.24, 2.45) is 16.3 Å². The topological polar surface area (TPSA) is 73.0 Å². The number of phenolic OH excluding ortho intramolecular Hbond substituents is 1. The van der Waals surface area contributed by atoms with Crippen molar-refractivity contribution in [2.75, 3.05) is 55.6 Å². The van der Waals surface area contributed by atoms with Crippen LogP contribution in [-0.2, 0) is 6.42 Å². The third kappa shape index (κ3) is 7.38. The van der Waals surface area contributed by atoms with Crippen molar-refractivity contribution in [3.05, 3.63) is 151 Å². The van der Waals surface area contributed by atoms with Gasteiger partial charge in [0.25, 0.3) is 0 Å². The summed E-state index contributed by atoms with van der Waals surface area (Å²) in [7, 11) is 0. The zero-order valence-electron chi connectivity index (χ0n) is 37.0. The van der Waals surface area contributed by atoms with Crippen molar-refractivity contribution >= 4 is 40.0 Å². The molecule has 0 amide bonds.